The van der Waals surface area contributed by atoms with Crippen LogP contribution in [-0.4, -0.2) is 33.2 Å². The van der Waals surface area contributed by atoms with Gasteiger partial charge in [0.2, 0.25) is 5.89 Å². The highest BCUT2D eigenvalue weighted by Gasteiger charge is 2.09. The van der Waals surface area contributed by atoms with Gasteiger partial charge in [0.1, 0.15) is 17.5 Å². The number of aryl methyl sites for hydroxylation is 2. The summed E-state index contributed by atoms with van der Waals surface area (Å²) in [5.74, 6) is 3.73. The predicted octanol–water partition coefficient (Wildman–Crippen LogP) is 1.87. The van der Waals surface area contributed by atoms with E-state index in [9.17, 15) is 0 Å². The summed E-state index contributed by atoms with van der Waals surface area (Å²) in [7, 11) is 0. The van der Waals surface area contributed by atoms with Crippen molar-refractivity contribution >= 4 is 11.6 Å². The Kier molecular flexibility index (Phi) is 4.49. The average molecular weight is 276 g/mol. The van der Waals surface area contributed by atoms with Gasteiger partial charge in [0, 0.05) is 25.1 Å². The molecule has 0 aliphatic heterocycles. The zero-order valence-corrected chi connectivity index (χ0v) is 12.3. The molecule has 2 aromatic heterocycles. The Morgan fingerprint density at radius 2 is 1.65 bits per heavy atom. The van der Waals surface area contributed by atoms with Crippen LogP contribution in [0.1, 0.15) is 30.0 Å². The van der Waals surface area contributed by atoms with Crippen molar-refractivity contribution in [1.82, 2.24) is 20.1 Å². The second-order valence-corrected chi connectivity index (χ2v) is 4.54. The molecule has 2 rings (SSSR count). The maximum absolute atomic E-state index is 5.07. The van der Waals surface area contributed by atoms with Crippen LogP contribution in [0.4, 0.5) is 11.6 Å². The lowest BCUT2D eigenvalue weighted by Gasteiger charge is -2.12. The van der Waals surface area contributed by atoms with Gasteiger partial charge in [0.15, 0.2) is 5.82 Å². The van der Waals surface area contributed by atoms with Crippen LogP contribution in [-0.2, 0) is 6.42 Å². The molecule has 0 aliphatic rings. The summed E-state index contributed by atoms with van der Waals surface area (Å²) in [5.41, 5.74) is 1.01. The monoisotopic (exact) mass is 276 g/mol. The van der Waals surface area contributed by atoms with Crippen LogP contribution in [0.3, 0.4) is 0 Å². The molecule has 0 fully saturated rings. The second-order valence-electron chi connectivity index (χ2n) is 4.54. The van der Waals surface area contributed by atoms with E-state index in [2.05, 4.69) is 30.7 Å². The summed E-state index contributed by atoms with van der Waals surface area (Å²) in [4.78, 5) is 13.0. The van der Waals surface area contributed by atoms with E-state index in [1.165, 1.54) is 0 Å². The summed E-state index contributed by atoms with van der Waals surface area (Å²) in [6, 6.07) is 0. The van der Waals surface area contributed by atoms with E-state index in [-0.39, 0.29) is 0 Å². The predicted molar refractivity (Wildman–Crippen MR) is 76.9 cm³/mol. The lowest BCUT2D eigenvalue weighted by atomic mass is 10.3. The smallest absolute Gasteiger partial charge is 0.228 e. The van der Waals surface area contributed by atoms with E-state index < -0.39 is 0 Å². The fraction of sp³-hybridized carbons (Fsp3) is 0.538. The molecular weight excluding hydrogens is 256 g/mol. The molecule has 0 atom stereocenters. The Morgan fingerprint density at radius 1 is 0.950 bits per heavy atom. The van der Waals surface area contributed by atoms with E-state index in [0.29, 0.717) is 24.7 Å². The highest BCUT2D eigenvalue weighted by atomic mass is 16.5. The number of hydrogen-bond acceptors (Lipinski definition) is 7. The van der Waals surface area contributed by atoms with Gasteiger partial charge in [-0.2, -0.15) is 4.98 Å². The summed E-state index contributed by atoms with van der Waals surface area (Å²) < 4.78 is 5.07. The molecule has 20 heavy (non-hydrogen) atoms. The largest absolute Gasteiger partial charge is 0.370 e. The molecule has 0 saturated carbocycles. The molecule has 2 aromatic rings. The highest BCUT2D eigenvalue weighted by molar-refractivity contribution is 5.57. The van der Waals surface area contributed by atoms with Gasteiger partial charge < -0.3 is 15.2 Å². The van der Waals surface area contributed by atoms with E-state index in [4.69, 9.17) is 4.52 Å². The van der Waals surface area contributed by atoms with Crippen LogP contribution in [0.25, 0.3) is 0 Å². The summed E-state index contributed by atoms with van der Waals surface area (Å²) in [6.45, 7) is 9.24. The van der Waals surface area contributed by atoms with Gasteiger partial charge in [-0.25, -0.2) is 9.97 Å². The minimum absolute atomic E-state index is 0.630. The lowest BCUT2D eigenvalue weighted by Crippen LogP contribution is -2.12. The molecule has 0 spiro atoms. The van der Waals surface area contributed by atoms with E-state index >= 15 is 0 Å². The number of nitrogens with one attached hydrogen (secondary N) is 2. The molecule has 0 aliphatic carbocycles. The third kappa shape index (κ3) is 3.43. The third-order valence-electron chi connectivity index (χ3n) is 2.80. The fourth-order valence-corrected chi connectivity index (χ4v) is 1.87. The first-order valence-electron chi connectivity index (χ1n) is 6.72. The normalized spacial score (nSPS) is 10.6. The topological polar surface area (TPSA) is 88.8 Å². The van der Waals surface area contributed by atoms with Gasteiger partial charge in [0.25, 0.3) is 0 Å². The zero-order chi connectivity index (χ0) is 14.5. The van der Waals surface area contributed by atoms with E-state index in [0.717, 1.165) is 29.6 Å². The van der Waals surface area contributed by atoms with Crippen LogP contribution >= 0.6 is 0 Å². The van der Waals surface area contributed by atoms with Crippen molar-refractivity contribution in [2.75, 3.05) is 23.7 Å². The summed E-state index contributed by atoms with van der Waals surface area (Å²) in [5, 5.41) is 10.3. The molecule has 0 bridgehead atoms. The van der Waals surface area contributed by atoms with E-state index in [1.807, 2.05) is 20.8 Å². The molecule has 0 radical (unpaired) electrons. The first-order valence-corrected chi connectivity index (χ1v) is 6.72. The van der Waals surface area contributed by atoms with E-state index in [1.54, 1.807) is 6.92 Å². The molecule has 0 amide bonds. The minimum atomic E-state index is 0.630. The van der Waals surface area contributed by atoms with Crippen molar-refractivity contribution in [1.29, 1.82) is 0 Å². The molecule has 7 heteroatoms. The number of nitrogens with zero attached hydrogens (tertiary/aromatic N) is 4. The number of aromatic nitrogens is 4. The Morgan fingerprint density at radius 3 is 2.25 bits per heavy atom. The van der Waals surface area contributed by atoms with Gasteiger partial charge in [-0.1, -0.05) is 5.16 Å². The number of anilines is 2. The molecule has 2 N–H and O–H groups in total. The van der Waals surface area contributed by atoms with Crippen molar-refractivity contribution in [3.63, 3.8) is 0 Å². The SMILES string of the molecule is CCNc1nc(C)nc(NCCc2nc(C)no2)c1C. The maximum Gasteiger partial charge on any atom is 0.228 e. The molecular formula is C13H20N6O. The Bertz CT molecular complexity index is 580. The molecule has 0 aromatic carbocycles. The van der Waals surface area contributed by atoms with Crippen molar-refractivity contribution < 1.29 is 4.52 Å². The maximum atomic E-state index is 5.07. The quantitative estimate of drug-likeness (QED) is 0.832. The van der Waals surface area contributed by atoms with Crippen molar-refractivity contribution in [3.05, 3.63) is 23.1 Å². The van der Waals surface area contributed by atoms with Crippen molar-refractivity contribution in [3.8, 4) is 0 Å². The van der Waals surface area contributed by atoms with Crippen molar-refractivity contribution in [2.45, 2.75) is 34.1 Å². The van der Waals surface area contributed by atoms with Crippen LogP contribution < -0.4 is 10.6 Å². The first-order chi connectivity index (χ1) is 9.60. The summed E-state index contributed by atoms with van der Waals surface area (Å²) in [6.07, 6.45) is 0.667. The summed E-state index contributed by atoms with van der Waals surface area (Å²) >= 11 is 0. The van der Waals surface area contributed by atoms with Crippen LogP contribution in [0.15, 0.2) is 4.52 Å². The van der Waals surface area contributed by atoms with Crippen LogP contribution in [0, 0.1) is 20.8 Å². The molecule has 7 nitrogen and oxygen atoms in total. The first kappa shape index (κ1) is 14.2. The lowest BCUT2D eigenvalue weighted by molar-refractivity contribution is 0.377. The highest BCUT2D eigenvalue weighted by Crippen LogP contribution is 2.19. The molecule has 0 unspecified atom stereocenters. The zero-order valence-electron chi connectivity index (χ0n) is 12.3. The molecule has 2 heterocycles. The Labute approximate surface area is 118 Å². The van der Waals surface area contributed by atoms with Gasteiger partial charge >= 0.3 is 0 Å². The van der Waals surface area contributed by atoms with Gasteiger partial charge in [-0.3, -0.25) is 0 Å². The number of rotatable bonds is 6. The van der Waals surface area contributed by atoms with Crippen LogP contribution in [0.2, 0.25) is 0 Å². The van der Waals surface area contributed by atoms with Gasteiger partial charge in [-0.15, -0.1) is 0 Å². The Hall–Kier alpha value is -2.18. The Balaban J connectivity index is 2.01. The number of hydrogen-bond donors (Lipinski definition) is 2. The second kappa shape index (κ2) is 6.31. The van der Waals surface area contributed by atoms with Gasteiger partial charge in [-0.05, 0) is 27.7 Å². The van der Waals surface area contributed by atoms with Crippen LogP contribution in [0.5, 0.6) is 0 Å². The average Bonchev–Trinajstić information content (AvgIpc) is 2.81. The third-order valence-corrected chi connectivity index (χ3v) is 2.80. The fourth-order valence-electron chi connectivity index (χ4n) is 1.87. The standard InChI is InChI=1S/C13H20N6O/c1-5-14-12-8(2)13(18-9(3)17-12)15-7-6-11-16-10(4)19-20-11/h5-7H2,1-4H3,(H2,14,15,17,18). The van der Waals surface area contributed by atoms with Gasteiger partial charge in [0.05, 0.1) is 0 Å². The van der Waals surface area contributed by atoms with Crippen molar-refractivity contribution in [2.24, 2.45) is 0 Å². The molecule has 108 valence electrons. The minimum Gasteiger partial charge on any atom is -0.370 e. The molecule has 0 saturated heterocycles.